The van der Waals surface area contributed by atoms with E-state index < -0.39 is 0 Å². The molecule has 3 rings (SSSR count). The summed E-state index contributed by atoms with van der Waals surface area (Å²) in [5.74, 6) is -0.527. The Morgan fingerprint density at radius 3 is 2.14 bits per heavy atom. The van der Waals surface area contributed by atoms with Gasteiger partial charge in [-0.1, -0.05) is 12.1 Å². The SMILES string of the molecule is Cc1cccc(NC(=O)CNC(=O)c2ccc(-n3c(C)ccc3C)cc2)c1C. The summed E-state index contributed by atoms with van der Waals surface area (Å²) in [7, 11) is 0. The van der Waals surface area contributed by atoms with Gasteiger partial charge >= 0.3 is 0 Å². The molecular weight excluding hydrogens is 350 g/mol. The van der Waals surface area contributed by atoms with Gasteiger partial charge in [-0.15, -0.1) is 0 Å². The van der Waals surface area contributed by atoms with Gasteiger partial charge in [-0.3, -0.25) is 9.59 Å². The van der Waals surface area contributed by atoms with E-state index in [4.69, 9.17) is 0 Å². The molecule has 0 aliphatic carbocycles. The Labute approximate surface area is 165 Å². The summed E-state index contributed by atoms with van der Waals surface area (Å²) in [5, 5.41) is 5.51. The second kappa shape index (κ2) is 8.13. The summed E-state index contributed by atoms with van der Waals surface area (Å²) in [5.41, 5.74) is 6.69. The maximum Gasteiger partial charge on any atom is 0.251 e. The molecule has 144 valence electrons. The minimum absolute atomic E-state index is 0.0796. The minimum atomic E-state index is -0.274. The third-order valence-corrected chi connectivity index (χ3v) is 4.95. The van der Waals surface area contributed by atoms with Crippen molar-refractivity contribution in [3.05, 3.63) is 82.7 Å². The molecule has 0 radical (unpaired) electrons. The van der Waals surface area contributed by atoms with Crippen molar-refractivity contribution in [1.29, 1.82) is 0 Å². The molecule has 2 amide bonds. The molecule has 0 aliphatic heterocycles. The molecule has 0 atom stereocenters. The van der Waals surface area contributed by atoms with E-state index in [1.54, 1.807) is 12.1 Å². The van der Waals surface area contributed by atoms with Gasteiger partial charge in [0, 0.05) is 28.3 Å². The lowest BCUT2D eigenvalue weighted by Crippen LogP contribution is -2.33. The average Bonchev–Trinajstić information content (AvgIpc) is 3.02. The Morgan fingerprint density at radius 1 is 0.857 bits per heavy atom. The maximum atomic E-state index is 12.4. The molecule has 5 nitrogen and oxygen atoms in total. The van der Waals surface area contributed by atoms with Gasteiger partial charge in [0.15, 0.2) is 0 Å². The molecule has 28 heavy (non-hydrogen) atoms. The monoisotopic (exact) mass is 375 g/mol. The molecular formula is C23H25N3O2. The first kappa shape index (κ1) is 19.4. The molecule has 0 spiro atoms. The van der Waals surface area contributed by atoms with E-state index in [1.807, 2.05) is 58.0 Å². The Balaban J connectivity index is 1.60. The van der Waals surface area contributed by atoms with Crippen molar-refractivity contribution in [2.24, 2.45) is 0 Å². The Kier molecular flexibility index (Phi) is 5.64. The molecule has 0 unspecified atom stereocenters. The number of anilines is 1. The Morgan fingerprint density at radius 2 is 1.50 bits per heavy atom. The summed E-state index contributed by atoms with van der Waals surface area (Å²) in [6.07, 6.45) is 0. The van der Waals surface area contributed by atoms with Crippen molar-refractivity contribution >= 4 is 17.5 Å². The fourth-order valence-electron chi connectivity index (χ4n) is 3.18. The molecule has 2 N–H and O–H groups in total. The Hall–Kier alpha value is -3.34. The highest BCUT2D eigenvalue weighted by Crippen LogP contribution is 2.18. The largest absolute Gasteiger partial charge is 0.343 e. The number of hydrogen-bond donors (Lipinski definition) is 2. The number of benzene rings is 2. The van der Waals surface area contributed by atoms with Crippen molar-refractivity contribution in [2.75, 3.05) is 11.9 Å². The third-order valence-electron chi connectivity index (χ3n) is 4.95. The van der Waals surface area contributed by atoms with E-state index in [0.29, 0.717) is 5.56 Å². The van der Waals surface area contributed by atoms with E-state index in [-0.39, 0.29) is 18.4 Å². The minimum Gasteiger partial charge on any atom is -0.343 e. The van der Waals surface area contributed by atoms with Crippen LogP contribution in [0, 0.1) is 27.7 Å². The smallest absolute Gasteiger partial charge is 0.251 e. The lowest BCUT2D eigenvalue weighted by molar-refractivity contribution is -0.115. The van der Waals surface area contributed by atoms with Crippen LogP contribution in [-0.2, 0) is 4.79 Å². The first-order chi connectivity index (χ1) is 13.4. The highest BCUT2D eigenvalue weighted by Gasteiger charge is 2.11. The van der Waals surface area contributed by atoms with Gasteiger partial charge in [-0.25, -0.2) is 0 Å². The molecule has 0 bridgehead atoms. The second-order valence-corrected chi connectivity index (χ2v) is 6.98. The van der Waals surface area contributed by atoms with Crippen LogP contribution in [0.2, 0.25) is 0 Å². The zero-order valence-corrected chi connectivity index (χ0v) is 16.7. The first-order valence-electron chi connectivity index (χ1n) is 9.26. The van der Waals surface area contributed by atoms with Crippen LogP contribution in [0.1, 0.15) is 32.9 Å². The van der Waals surface area contributed by atoms with Crippen molar-refractivity contribution in [3.8, 4) is 5.69 Å². The average molecular weight is 375 g/mol. The zero-order valence-electron chi connectivity index (χ0n) is 16.7. The van der Waals surface area contributed by atoms with Crippen LogP contribution < -0.4 is 10.6 Å². The quantitative estimate of drug-likeness (QED) is 0.706. The van der Waals surface area contributed by atoms with Gasteiger partial charge in [0.25, 0.3) is 5.91 Å². The molecule has 0 saturated heterocycles. The van der Waals surface area contributed by atoms with Crippen molar-refractivity contribution in [3.63, 3.8) is 0 Å². The highest BCUT2D eigenvalue weighted by molar-refractivity contribution is 5.99. The van der Waals surface area contributed by atoms with E-state index in [1.165, 1.54) is 0 Å². The van der Waals surface area contributed by atoms with E-state index in [0.717, 1.165) is 33.9 Å². The molecule has 5 heteroatoms. The number of amides is 2. The predicted octanol–water partition coefficient (Wildman–Crippen LogP) is 4.08. The van der Waals surface area contributed by atoms with Crippen molar-refractivity contribution in [1.82, 2.24) is 9.88 Å². The molecule has 0 saturated carbocycles. The van der Waals surface area contributed by atoms with Gasteiger partial charge in [-0.2, -0.15) is 0 Å². The lowest BCUT2D eigenvalue weighted by Gasteiger charge is -2.12. The summed E-state index contributed by atoms with van der Waals surface area (Å²) in [6, 6.07) is 17.2. The van der Waals surface area contributed by atoms with E-state index >= 15 is 0 Å². The normalized spacial score (nSPS) is 10.6. The van der Waals surface area contributed by atoms with Gasteiger partial charge in [-0.05, 0) is 81.3 Å². The number of hydrogen-bond acceptors (Lipinski definition) is 2. The number of carbonyl (C=O) groups excluding carboxylic acids is 2. The van der Waals surface area contributed by atoms with Crippen LogP contribution >= 0.6 is 0 Å². The number of rotatable bonds is 5. The van der Waals surface area contributed by atoms with Gasteiger partial charge in [0.2, 0.25) is 5.91 Å². The van der Waals surface area contributed by atoms with Crippen LogP contribution in [0.15, 0.2) is 54.6 Å². The fraction of sp³-hybridized carbons (Fsp3) is 0.217. The molecule has 1 aromatic heterocycles. The molecule has 0 aliphatic rings. The maximum absolute atomic E-state index is 12.4. The second-order valence-electron chi connectivity index (χ2n) is 6.98. The number of carbonyl (C=O) groups is 2. The van der Waals surface area contributed by atoms with Crippen LogP contribution in [0.3, 0.4) is 0 Å². The van der Waals surface area contributed by atoms with Crippen LogP contribution in [-0.4, -0.2) is 22.9 Å². The topological polar surface area (TPSA) is 63.1 Å². The van der Waals surface area contributed by atoms with Crippen LogP contribution in [0.25, 0.3) is 5.69 Å². The van der Waals surface area contributed by atoms with Gasteiger partial charge in [0.1, 0.15) is 0 Å². The van der Waals surface area contributed by atoms with Crippen LogP contribution in [0.4, 0.5) is 5.69 Å². The van der Waals surface area contributed by atoms with Gasteiger partial charge in [0.05, 0.1) is 6.54 Å². The number of aryl methyl sites for hydroxylation is 3. The van der Waals surface area contributed by atoms with E-state index in [2.05, 4.69) is 27.3 Å². The fourth-order valence-corrected chi connectivity index (χ4v) is 3.18. The van der Waals surface area contributed by atoms with Crippen molar-refractivity contribution < 1.29 is 9.59 Å². The number of aromatic nitrogens is 1. The molecule has 3 aromatic rings. The number of nitrogens with one attached hydrogen (secondary N) is 2. The molecule has 0 fully saturated rings. The Bertz CT molecular complexity index is 997. The van der Waals surface area contributed by atoms with Crippen LogP contribution in [0.5, 0.6) is 0 Å². The van der Waals surface area contributed by atoms with Gasteiger partial charge < -0.3 is 15.2 Å². The molecule has 1 heterocycles. The summed E-state index contributed by atoms with van der Waals surface area (Å²) in [4.78, 5) is 24.5. The predicted molar refractivity (Wildman–Crippen MR) is 112 cm³/mol. The first-order valence-corrected chi connectivity index (χ1v) is 9.26. The zero-order chi connectivity index (χ0) is 20.3. The van der Waals surface area contributed by atoms with E-state index in [9.17, 15) is 9.59 Å². The lowest BCUT2D eigenvalue weighted by atomic mass is 10.1. The van der Waals surface area contributed by atoms with Crippen molar-refractivity contribution in [2.45, 2.75) is 27.7 Å². The summed E-state index contributed by atoms with van der Waals surface area (Å²) < 4.78 is 2.12. The highest BCUT2D eigenvalue weighted by atomic mass is 16.2. The standard InChI is InChI=1S/C23H25N3O2/c1-15-6-5-7-21(18(15)4)25-22(27)14-24-23(28)19-10-12-20(13-11-19)26-16(2)8-9-17(26)3/h5-13H,14H2,1-4H3,(H,24,28)(H,25,27). The summed E-state index contributed by atoms with van der Waals surface area (Å²) in [6.45, 7) is 7.96. The third kappa shape index (κ3) is 4.14. The molecule has 2 aromatic carbocycles. The summed E-state index contributed by atoms with van der Waals surface area (Å²) >= 11 is 0. The number of nitrogens with zero attached hydrogens (tertiary/aromatic N) is 1.